The van der Waals surface area contributed by atoms with E-state index in [0.29, 0.717) is 12.2 Å². The molecule has 0 saturated heterocycles. The third-order valence-corrected chi connectivity index (χ3v) is 7.58. The Morgan fingerprint density at radius 2 is 1.94 bits per heavy atom. The number of hydrogen-bond acceptors (Lipinski definition) is 8. The Balaban J connectivity index is 0.00000272. The van der Waals surface area contributed by atoms with E-state index in [1.54, 1.807) is 36.9 Å². The van der Waals surface area contributed by atoms with Crippen LogP contribution < -0.4 is 18.9 Å². The van der Waals surface area contributed by atoms with Gasteiger partial charge in [0, 0.05) is 32.0 Å². The third-order valence-electron chi connectivity index (χ3n) is 5.34. The van der Waals surface area contributed by atoms with Crippen molar-refractivity contribution in [2.24, 2.45) is 0 Å². The van der Waals surface area contributed by atoms with E-state index in [1.807, 2.05) is 12.3 Å². The van der Waals surface area contributed by atoms with E-state index < -0.39 is 10.0 Å². The maximum atomic E-state index is 12.7. The zero-order valence-corrected chi connectivity index (χ0v) is 19.9. The summed E-state index contributed by atoms with van der Waals surface area (Å²) >= 11 is 1.34. The molecule has 0 bridgehead atoms. The van der Waals surface area contributed by atoms with Gasteiger partial charge in [0.05, 0.1) is 32.1 Å². The molecule has 0 spiro atoms. The van der Waals surface area contributed by atoms with Crippen molar-refractivity contribution in [1.82, 2.24) is 18.6 Å². The number of ether oxygens (including phenoxy) is 2. The molecule has 0 unspecified atom stereocenters. The largest absolute Gasteiger partial charge is 0.493 e. The molecule has 1 aromatic rings. The van der Waals surface area contributed by atoms with Crippen molar-refractivity contribution in [2.75, 3.05) is 33.9 Å². The number of methoxy groups -OCH3 is 2. The maximum Gasteiger partial charge on any atom is 0.242 e. The van der Waals surface area contributed by atoms with Crippen LogP contribution in [0, 0.1) is 0 Å². The van der Waals surface area contributed by atoms with Crippen LogP contribution in [0.2, 0.25) is 0 Å². The van der Waals surface area contributed by atoms with E-state index in [-0.39, 0.29) is 17.3 Å². The number of benzene rings is 1. The number of sulfonamides is 1. The number of nitrogens with zero attached hydrogens (tertiary/aromatic N) is 2. The molecule has 1 aromatic carbocycles. The minimum atomic E-state index is -3.56. The van der Waals surface area contributed by atoms with Crippen molar-refractivity contribution >= 4 is 34.6 Å². The van der Waals surface area contributed by atoms with E-state index in [2.05, 4.69) is 20.4 Å². The fourth-order valence-corrected chi connectivity index (χ4v) is 5.76. The zero-order chi connectivity index (χ0) is 21.1. The van der Waals surface area contributed by atoms with Crippen LogP contribution in [0.25, 0.3) is 0 Å². The quantitative estimate of drug-likeness (QED) is 0.428. The summed E-state index contributed by atoms with van der Waals surface area (Å²) in [5, 5.41) is 0. The summed E-state index contributed by atoms with van der Waals surface area (Å²) in [5.74, 6) is 1.50. The summed E-state index contributed by atoms with van der Waals surface area (Å²) in [4.78, 5) is 2.63. The van der Waals surface area contributed by atoms with Crippen molar-refractivity contribution < 1.29 is 17.9 Å². The van der Waals surface area contributed by atoms with Crippen molar-refractivity contribution in [2.45, 2.75) is 19.4 Å². The second-order valence-electron chi connectivity index (χ2n) is 7.19. The van der Waals surface area contributed by atoms with Gasteiger partial charge in [0.2, 0.25) is 10.0 Å². The number of nitrogens with one attached hydrogen (secondary N) is 2. The van der Waals surface area contributed by atoms with Gasteiger partial charge in [-0.15, -0.1) is 12.4 Å². The molecule has 0 atom stereocenters. The van der Waals surface area contributed by atoms with Crippen LogP contribution in [0.1, 0.15) is 17.5 Å². The number of rotatable bonds is 8. The fraction of sp³-hybridized carbons (Fsp3) is 0.400. The molecule has 2 N–H and O–H groups in total. The third kappa shape index (κ3) is 5.15. The predicted molar refractivity (Wildman–Crippen MR) is 125 cm³/mol. The van der Waals surface area contributed by atoms with Gasteiger partial charge in [-0.1, -0.05) is 0 Å². The summed E-state index contributed by atoms with van der Waals surface area (Å²) in [5.41, 5.74) is 3.16. The van der Waals surface area contributed by atoms with Gasteiger partial charge in [-0.05, 0) is 54.8 Å². The normalized spacial score (nSPS) is 17.7. The average Bonchev–Trinajstić information content (AvgIpc) is 3.24. The molecule has 8 nitrogen and oxygen atoms in total. The lowest BCUT2D eigenvalue weighted by atomic mass is 9.98. The van der Waals surface area contributed by atoms with Gasteiger partial charge >= 0.3 is 0 Å². The Bertz CT molecular complexity index is 1010. The molecule has 3 heterocycles. The van der Waals surface area contributed by atoms with Gasteiger partial charge in [-0.3, -0.25) is 9.21 Å². The Kier molecular flexibility index (Phi) is 7.82. The number of halogens is 1. The topological polar surface area (TPSA) is 83.1 Å². The van der Waals surface area contributed by atoms with E-state index in [0.717, 1.165) is 44.0 Å². The molecule has 31 heavy (non-hydrogen) atoms. The Morgan fingerprint density at radius 3 is 2.68 bits per heavy atom. The minimum Gasteiger partial charge on any atom is -0.493 e. The van der Waals surface area contributed by atoms with E-state index in [4.69, 9.17) is 9.47 Å². The first-order chi connectivity index (χ1) is 14.5. The molecule has 0 saturated carbocycles. The molecule has 11 heteroatoms. The van der Waals surface area contributed by atoms with Crippen molar-refractivity contribution in [1.29, 1.82) is 0 Å². The molecule has 170 valence electrons. The SMILES string of the molecule is COc1cc2c(cc1OC)CN(CCCNS(=O)(=O)C1=CC=CN3SNC=C13)CC2.Cl. The van der Waals surface area contributed by atoms with Crippen LogP contribution in [0.3, 0.4) is 0 Å². The Morgan fingerprint density at radius 1 is 1.19 bits per heavy atom. The first kappa shape index (κ1) is 23.8. The van der Waals surface area contributed by atoms with Crippen LogP contribution in [0.4, 0.5) is 0 Å². The highest BCUT2D eigenvalue weighted by Crippen LogP contribution is 2.34. The predicted octanol–water partition coefficient (Wildman–Crippen LogP) is 2.51. The maximum absolute atomic E-state index is 12.7. The fourth-order valence-electron chi connectivity index (χ4n) is 3.78. The second kappa shape index (κ2) is 10.2. The second-order valence-corrected chi connectivity index (χ2v) is 9.74. The summed E-state index contributed by atoms with van der Waals surface area (Å²) in [6, 6.07) is 4.10. The standard InChI is InChI=1S/C20H26N4O4S2.ClH/c1-27-18-11-15-6-10-23(14-16(15)12-19(18)28-2)8-4-7-22-30(25,26)20-5-3-9-24-17(20)13-21-29-24;/h3,5,9,11-13,21-22H,4,6-8,10,14H2,1-2H3;1H. The summed E-state index contributed by atoms with van der Waals surface area (Å²) in [7, 11) is -0.266. The number of hydrogen-bond donors (Lipinski definition) is 2. The zero-order valence-electron chi connectivity index (χ0n) is 17.5. The summed E-state index contributed by atoms with van der Waals surface area (Å²) < 4.78 is 43.7. The average molecular weight is 487 g/mol. The molecular weight excluding hydrogens is 460 g/mol. The van der Waals surface area contributed by atoms with E-state index in [9.17, 15) is 8.42 Å². The molecule has 0 radical (unpaired) electrons. The van der Waals surface area contributed by atoms with Crippen LogP contribution in [0.15, 0.2) is 47.3 Å². The van der Waals surface area contributed by atoms with E-state index in [1.165, 1.54) is 23.3 Å². The van der Waals surface area contributed by atoms with Gasteiger partial charge in [0.1, 0.15) is 4.91 Å². The van der Waals surface area contributed by atoms with Crippen molar-refractivity contribution in [3.8, 4) is 11.5 Å². The minimum absolute atomic E-state index is 0. The summed E-state index contributed by atoms with van der Waals surface area (Å²) in [6.07, 6.45) is 8.57. The van der Waals surface area contributed by atoms with Gasteiger partial charge in [-0.25, -0.2) is 13.1 Å². The molecule has 3 aliphatic heterocycles. The molecule has 0 amide bonds. The highest BCUT2D eigenvalue weighted by molar-refractivity contribution is 7.96. The van der Waals surface area contributed by atoms with Crippen LogP contribution in [0.5, 0.6) is 11.5 Å². The van der Waals surface area contributed by atoms with Crippen molar-refractivity contribution in [3.05, 3.63) is 58.4 Å². The van der Waals surface area contributed by atoms with Gasteiger partial charge < -0.3 is 14.2 Å². The molecule has 4 rings (SSSR count). The van der Waals surface area contributed by atoms with Gasteiger partial charge in [0.15, 0.2) is 11.5 Å². The van der Waals surface area contributed by atoms with Crippen LogP contribution in [-0.4, -0.2) is 51.5 Å². The molecular formula is C20H27ClN4O4S2. The smallest absolute Gasteiger partial charge is 0.242 e. The Hall–Kier alpha value is -1.85. The lowest BCUT2D eigenvalue weighted by Crippen LogP contribution is -2.34. The molecule has 0 aromatic heterocycles. The first-order valence-electron chi connectivity index (χ1n) is 9.78. The van der Waals surface area contributed by atoms with E-state index >= 15 is 0 Å². The molecule has 3 aliphatic rings. The molecule has 0 fully saturated rings. The summed E-state index contributed by atoms with van der Waals surface area (Å²) in [6.45, 7) is 2.98. The molecule has 0 aliphatic carbocycles. The van der Waals surface area contributed by atoms with Crippen molar-refractivity contribution in [3.63, 3.8) is 0 Å². The van der Waals surface area contributed by atoms with Crippen LogP contribution >= 0.6 is 24.5 Å². The monoisotopic (exact) mass is 486 g/mol. The van der Waals surface area contributed by atoms with Gasteiger partial charge in [-0.2, -0.15) is 0 Å². The lowest BCUT2D eigenvalue weighted by Gasteiger charge is -2.29. The number of fused-ring (bicyclic) bond motifs is 2. The lowest BCUT2D eigenvalue weighted by molar-refractivity contribution is 0.250. The number of allylic oxidation sites excluding steroid dienone is 2. The highest BCUT2D eigenvalue weighted by Gasteiger charge is 2.29. The van der Waals surface area contributed by atoms with Gasteiger partial charge in [0.25, 0.3) is 0 Å². The Labute approximate surface area is 194 Å². The van der Waals surface area contributed by atoms with Crippen LogP contribution in [-0.2, 0) is 23.0 Å². The highest BCUT2D eigenvalue weighted by atomic mass is 35.5. The first-order valence-corrected chi connectivity index (χ1v) is 12.0.